The fourth-order valence-corrected chi connectivity index (χ4v) is 0.928. The van der Waals surface area contributed by atoms with E-state index in [-0.39, 0.29) is 0 Å². The van der Waals surface area contributed by atoms with Gasteiger partial charge in [-0.3, -0.25) is 0 Å². The largest absolute Gasteiger partial charge is 0.374 e. The Morgan fingerprint density at radius 3 is 2.58 bits per heavy atom. The monoisotopic (exact) mass is 179 g/mol. The predicted octanol–water partition coefficient (Wildman–Crippen LogP) is 2.78. The van der Waals surface area contributed by atoms with Gasteiger partial charge in [-0.05, 0) is 31.2 Å². The lowest BCUT2D eigenvalue weighted by Crippen LogP contribution is -1.97. The van der Waals surface area contributed by atoms with Gasteiger partial charge in [0.1, 0.15) is 0 Å². The maximum Gasteiger partial charge on any atom is 0.0765 e. The number of hydrogen-bond donors (Lipinski definition) is 1. The molecule has 1 rings (SSSR count). The highest BCUT2D eigenvalue weighted by molar-refractivity contribution is 6.30. The smallest absolute Gasteiger partial charge is 0.0765 e. The highest BCUT2D eigenvalue weighted by Gasteiger charge is 1.88. The number of benzene rings is 1. The minimum Gasteiger partial charge on any atom is -0.374 e. The Balaban J connectivity index is 2.51. The summed E-state index contributed by atoms with van der Waals surface area (Å²) in [6, 6.07) is 7.56. The minimum absolute atomic E-state index is 0.679. The average Bonchev–Trinajstić information content (AvgIpc) is 2.09. The molecule has 0 aliphatic heterocycles. The first-order valence-corrected chi connectivity index (χ1v) is 4.10. The van der Waals surface area contributed by atoms with Crippen LogP contribution < -0.4 is 5.32 Å². The molecule has 0 aliphatic rings. The Hall–Kier alpha value is -1.13. The van der Waals surface area contributed by atoms with Crippen LogP contribution in [0, 0.1) is 11.8 Å². The Morgan fingerprint density at radius 1 is 1.33 bits per heavy atom. The van der Waals surface area contributed by atoms with E-state index in [0.717, 1.165) is 10.7 Å². The third kappa shape index (κ3) is 2.86. The summed E-state index contributed by atoms with van der Waals surface area (Å²) in [5.41, 5.74) is 1.04. The molecule has 1 nitrogen and oxygen atoms in total. The van der Waals surface area contributed by atoms with Crippen molar-refractivity contribution in [2.24, 2.45) is 0 Å². The van der Waals surface area contributed by atoms with E-state index in [1.807, 2.05) is 31.2 Å². The van der Waals surface area contributed by atoms with Gasteiger partial charge in [-0.15, -0.1) is 5.92 Å². The molecule has 0 fully saturated rings. The van der Waals surface area contributed by atoms with E-state index in [1.54, 1.807) is 0 Å². The molecule has 0 radical (unpaired) electrons. The van der Waals surface area contributed by atoms with E-state index in [0.29, 0.717) is 6.54 Å². The van der Waals surface area contributed by atoms with E-state index in [1.165, 1.54) is 0 Å². The van der Waals surface area contributed by atoms with Gasteiger partial charge in [0.2, 0.25) is 0 Å². The average molecular weight is 180 g/mol. The third-order valence-corrected chi connectivity index (χ3v) is 1.65. The van der Waals surface area contributed by atoms with Gasteiger partial charge < -0.3 is 5.32 Å². The van der Waals surface area contributed by atoms with Crippen molar-refractivity contribution in [1.82, 2.24) is 0 Å². The number of nitrogens with one attached hydrogen (secondary N) is 1. The maximum atomic E-state index is 5.72. The summed E-state index contributed by atoms with van der Waals surface area (Å²) in [4.78, 5) is 0. The quantitative estimate of drug-likeness (QED) is 0.689. The summed E-state index contributed by atoms with van der Waals surface area (Å²) < 4.78 is 0. The Bertz CT molecular complexity index is 292. The second kappa shape index (κ2) is 4.69. The van der Waals surface area contributed by atoms with Gasteiger partial charge in [-0.25, -0.2) is 0 Å². The lowest BCUT2D eigenvalue weighted by molar-refractivity contribution is 1.38. The molecule has 1 N–H and O–H groups in total. The Labute approximate surface area is 77.7 Å². The molecule has 0 unspecified atom stereocenters. The molecule has 0 spiro atoms. The molecule has 0 saturated carbocycles. The van der Waals surface area contributed by atoms with Gasteiger partial charge in [0.15, 0.2) is 0 Å². The molecule has 0 aliphatic carbocycles. The van der Waals surface area contributed by atoms with Crippen LogP contribution in [0.5, 0.6) is 0 Å². The normalized spacial score (nSPS) is 8.50. The van der Waals surface area contributed by atoms with Crippen molar-refractivity contribution in [3.8, 4) is 11.8 Å². The van der Waals surface area contributed by atoms with Crippen LogP contribution in [0.1, 0.15) is 6.92 Å². The maximum absolute atomic E-state index is 5.72. The van der Waals surface area contributed by atoms with Gasteiger partial charge in [0.25, 0.3) is 0 Å². The highest BCUT2D eigenvalue weighted by atomic mass is 35.5. The Morgan fingerprint density at radius 2 is 2.00 bits per heavy atom. The van der Waals surface area contributed by atoms with E-state index >= 15 is 0 Å². The van der Waals surface area contributed by atoms with E-state index in [4.69, 9.17) is 11.6 Å². The van der Waals surface area contributed by atoms with Crippen LogP contribution in [0.4, 0.5) is 5.69 Å². The van der Waals surface area contributed by atoms with Gasteiger partial charge in [0, 0.05) is 10.7 Å². The third-order valence-electron chi connectivity index (χ3n) is 1.40. The van der Waals surface area contributed by atoms with E-state index < -0.39 is 0 Å². The van der Waals surface area contributed by atoms with Crippen molar-refractivity contribution < 1.29 is 0 Å². The molecule has 0 bridgehead atoms. The van der Waals surface area contributed by atoms with Crippen molar-refractivity contribution in [3.63, 3.8) is 0 Å². The molecule has 12 heavy (non-hydrogen) atoms. The van der Waals surface area contributed by atoms with Crippen LogP contribution >= 0.6 is 11.6 Å². The first-order valence-electron chi connectivity index (χ1n) is 3.72. The van der Waals surface area contributed by atoms with Crippen LogP contribution in [0.15, 0.2) is 24.3 Å². The second-order valence-electron chi connectivity index (χ2n) is 2.29. The lowest BCUT2D eigenvalue weighted by atomic mass is 10.3. The molecule has 1 aromatic rings. The fraction of sp³-hybridized carbons (Fsp3) is 0.200. The van der Waals surface area contributed by atoms with Crippen LogP contribution in [-0.4, -0.2) is 6.54 Å². The lowest BCUT2D eigenvalue weighted by Gasteiger charge is -2.00. The summed E-state index contributed by atoms with van der Waals surface area (Å²) in [6.45, 7) is 2.50. The molecular weight excluding hydrogens is 170 g/mol. The molecule has 2 heteroatoms. The summed E-state index contributed by atoms with van der Waals surface area (Å²) in [7, 11) is 0. The van der Waals surface area contributed by atoms with Crippen molar-refractivity contribution in [2.75, 3.05) is 11.9 Å². The SMILES string of the molecule is CC#CCNc1ccc(Cl)cc1. The molecule has 0 saturated heterocycles. The molecule has 0 atom stereocenters. The molecule has 0 aromatic heterocycles. The van der Waals surface area contributed by atoms with Gasteiger partial charge >= 0.3 is 0 Å². The molecule has 0 heterocycles. The second-order valence-corrected chi connectivity index (χ2v) is 2.72. The number of anilines is 1. The molecule has 1 aromatic carbocycles. The number of rotatable bonds is 2. The molecule has 62 valence electrons. The van der Waals surface area contributed by atoms with E-state index in [2.05, 4.69) is 17.2 Å². The predicted molar refractivity (Wildman–Crippen MR) is 53.4 cm³/mol. The zero-order valence-corrected chi connectivity index (χ0v) is 7.65. The number of hydrogen-bond acceptors (Lipinski definition) is 1. The van der Waals surface area contributed by atoms with Crippen LogP contribution in [0.3, 0.4) is 0 Å². The molecular formula is C10H10ClN. The zero-order chi connectivity index (χ0) is 8.81. The van der Waals surface area contributed by atoms with Crippen LogP contribution in [0.25, 0.3) is 0 Å². The standard InChI is InChI=1S/C10H10ClN/c1-2-3-8-12-10-6-4-9(11)5-7-10/h4-7,12H,8H2,1H3. The van der Waals surface area contributed by atoms with Crippen molar-refractivity contribution >= 4 is 17.3 Å². The minimum atomic E-state index is 0.679. The first kappa shape index (κ1) is 8.96. The zero-order valence-electron chi connectivity index (χ0n) is 6.89. The van der Waals surface area contributed by atoms with Crippen LogP contribution in [-0.2, 0) is 0 Å². The number of halogens is 1. The Kier molecular flexibility index (Phi) is 3.50. The summed E-state index contributed by atoms with van der Waals surface area (Å²) in [5, 5.41) is 3.89. The van der Waals surface area contributed by atoms with Gasteiger partial charge in [-0.1, -0.05) is 17.5 Å². The van der Waals surface area contributed by atoms with Gasteiger partial charge in [0.05, 0.1) is 6.54 Å². The van der Waals surface area contributed by atoms with Gasteiger partial charge in [-0.2, -0.15) is 0 Å². The topological polar surface area (TPSA) is 12.0 Å². The van der Waals surface area contributed by atoms with Crippen LogP contribution in [0.2, 0.25) is 5.02 Å². The van der Waals surface area contributed by atoms with E-state index in [9.17, 15) is 0 Å². The van der Waals surface area contributed by atoms with Crippen molar-refractivity contribution in [1.29, 1.82) is 0 Å². The highest BCUT2D eigenvalue weighted by Crippen LogP contribution is 2.12. The first-order chi connectivity index (χ1) is 5.83. The molecule has 0 amide bonds. The summed E-state index contributed by atoms with van der Waals surface area (Å²) >= 11 is 5.72. The van der Waals surface area contributed by atoms with Crippen molar-refractivity contribution in [2.45, 2.75) is 6.92 Å². The fourth-order valence-electron chi connectivity index (χ4n) is 0.802. The summed E-state index contributed by atoms with van der Waals surface area (Å²) in [5.74, 6) is 5.73. The summed E-state index contributed by atoms with van der Waals surface area (Å²) in [6.07, 6.45) is 0. The van der Waals surface area contributed by atoms with Crippen molar-refractivity contribution in [3.05, 3.63) is 29.3 Å².